The van der Waals surface area contributed by atoms with Gasteiger partial charge in [0.2, 0.25) is 5.91 Å². The summed E-state index contributed by atoms with van der Waals surface area (Å²) in [6.07, 6.45) is 0.816. The van der Waals surface area contributed by atoms with Crippen LogP contribution in [0.25, 0.3) is 11.0 Å². The second-order valence-corrected chi connectivity index (χ2v) is 4.21. The molecule has 0 spiro atoms. The highest BCUT2D eigenvalue weighted by Gasteiger charge is 2.10. The predicted octanol–water partition coefficient (Wildman–Crippen LogP) is 0.216. The Labute approximate surface area is 109 Å². The van der Waals surface area contributed by atoms with E-state index in [1.165, 1.54) is 4.57 Å². The van der Waals surface area contributed by atoms with Crippen LogP contribution in [0, 0.1) is 0 Å². The number of para-hydroxylation sites is 2. The first kappa shape index (κ1) is 13.1. The number of aromatic nitrogens is 2. The summed E-state index contributed by atoms with van der Waals surface area (Å²) in [6.45, 7) is 2.34. The van der Waals surface area contributed by atoms with E-state index in [1.54, 1.807) is 24.3 Å². The minimum Gasteiger partial charge on any atom is -0.355 e. The Kier molecular flexibility index (Phi) is 3.79. The van der Waals surface area contributed by atoms with Crippen LogP contribution in [0.3, 0.4) is 0 Å². The second kappa shape index (κ2) is 5.51. The van der Waals surface area contributed by atoms with Crippen molar-refractivity contribution in [1.29, 1.82) is 0 Å². The third kappa shape index (κ3) is 2.73. The maximum atomic E-state index is 11.8. The molecule has 19 heavy (non-hydrogen) atoms. The monoisotopic (exact) mass is 261 g/mol. The van der Waals surface area contributed by atoms with Gasteiger partial charge in [-0.1, -0.05) is 19.1 Å². The van der Waals surface area contributed by atoms with Crippen molar-refractivity contribution in [3.63, 3.8) is 0 Å². The van der Waals surface area contributed by atoms with Gasteiger partial charge < -0.3 is 10.3 Å². The number of hydrogen-bond donors (Lipinski definition) is 2. The molecule has 0 atom stereocenters. The van der Waals surface area contributed by atoms with Gasteiger partial charge in [-0.2, -0.15) is 0 Å². The van der Waals surface area contributed by atoms with Crippen LogP contribution in [0.1, 0.15) is 13.3 Å². The van der Waals surface area contributed by atoms with E-state index in [2.05, 4.69) is 10.3 Å². The van der Waals surface area contributed by atoms with Gasteiger partial charge in [0.15, 0.2) is 0 Å². The first-order chi connectivity index (χ1) is 9.13. The molecule has 6 heteroatoms. The van der Waals surface area contributed by atoms with Crippen molar-refractivity contribution in [2.75, 3.05) is 6.54 Å². The minimum atomic E-state index is -0.720. The summed E-state index contributed by atoms with van der Waals surface area (Å²) in [5.41, 5.74) is -0.360. The number of amides is 1. The van der Waals surface area contributed by atoms with Gasteiger partial charge >= 0.3 is 11.1 Å². The van der Waals surface area contributed by atoms with E-state index in [4.69, 9.17) is 0 Å². The molecule has 0 aliphatic carbocycles. The van der Waals surface area contributed by atoms with Crippen molar-refractivity contribution >= 4 is 16.9 Å². The number of nitrogens with one attached hydrogen (secondary N) is 2. The fraction of sp³-hybridized carbons (Fsp3) is 0.308. The zero-order valence-corrected chi connectivity index (χ0v) is 10.6. The van der Waals surface area contributed by atoms with Crippen LogP contribution < -0.4 is 16.4 Å². The summed E-state index contributed by atoms with van der Waals surface area (Å²) in [5, 5.41) is 2.68. The molecular weight excluding hydrogens is 246 g/mol. The van der Waals surface area contributed by atoms with Crippen molar-refractivity contribution < 1.29 is 4.79 Å². The lowest BCUT2D eigenvalue weighted by Gasteiger charge is -2.09. The smallest absolute Gasteiger partial charge is 0.317 e. The van der Waals surface area contributed by atoms with Crippen LogP contribution in [0.5, 0.6) is 0 Å². The van der Waals surface area contributed by atoms with Gasteiger partial charge in [-0.05, 0) is 18.6 Å². The molecule has 1 aromatic carbocycles. The average Bonchev–Trinajstić information content (AvgIpc) is 2.41. The highest BCUT2D eigenvalue weighted by Crippen LogP contribution is 2.06. The van der Waals surface area contributed by atoms with E-state index in [-0.39, 0.29) is 12.5 Å². The third-order valence-electron chi connectivity index (χ3n) is 2.76. The van der Waals surface area contributed by atoms with E-state index < -0.39 is 11.1 Å². The molecule has 0 bridgehead atoms. The molecule has 2 rings (SSSR count). The van der Waals surface area contributed by atoms with Gasteiger partial charge in [-0.3, -0.25) is 19.0 Å². The molecular formula is C13H15N3O3. The molecule has 2 aromatic rings. The van der Waals surface area contributed by atoms with Crippen molar-refractivity contribution in [2.24, 2.45) is 0 Å². The number of H-pyrrole nitrogens is 1. The molecule has 1 heterocycles. The molecule has 0 saturated carbocycles. The summed E-state index contributed by atoms with van der Waals surface area (Å²) >= 11 is 0. The van der Waals surface area contributed by atoms with Crippen LogP contribution in [0.2, 0.25) is 0 Å². The van der Waals surface area contributed by atoms with Crippen molar-refractivity contribution in [1.82, 2.24) is 14.9 Å². The fourth-order valence-electron chi connectivity index (χ4n) is 1.84. The van der Waals surface area contributed by atoms with Gasteiger partial charge in [-0.15, -0.1) is 0 Å². The number of hydrogen-bond acceptors (Lipinski definition) is 3. The lowest BCUT2D eigenvalue weighted by Crippen LogP contribution is -2.40. The van der Waals surface area contributed by atoms with Crippen LogP contribution >= 0.6 is 0 Å². The Morgan fingerprint density at radius 2 is 2.05 bits per heavy atom. The Hall–Kier alpha value is -2.37. The summed E-state index contributed by atoms with van der Waals surface area (Å²) < 4.78 is 1.19. The number of fused-ring (bicyclic) bond motifs is 1. The van der Waals surface area contributed by atoms with Gasteiger partial charge in [0.25, 0.3) is 0 Å². The molecule has 0 fully saturated rings. The Bertz CT molecular complexity index is 715. The van der Waals surface area contributed by atoms with E-state index >= 15 is 0 Å². The number of rotatable bonds is 4. The minimum absolute atomic E-state index is 0.150. The molecule has 1 amide bonds. The second-order valence-electron chi connectivity index (χ2n) is 4.21. The lowest BCUT2D eigenvalue weighted by molar-refractivity contribution is -0.121. The van der Waals surface area contributed by atoms with Crippen molar-refractivity contribution in [3.05, 3.63) is 45.0 Å². The normalized spacial score (nSPS) is 10.6. The van der Waals surface area contributed by atoms with E-state index in [0.29, 0.717) is 17.6 Å². The SMILES string of the molecule is CCCNC(=O)Cn1c(=O)c(=O)[nH]c2ccccc21. The summed E-state index contributed by atoms with van der Waals surface area (Å²) in [4.78, 5) is 37.5. The van der Waals surface area contributed by atoms with E-state index in [1.807, 2.05) is 6.92 Å². The molecule has 2 N–H and O–H groups in total. The number of carbonyl (C=O) groups excluding carboxylic acids is 1. The van der Waals surface area contributed by atoms with Crippen molar-refractivity contribution in [3.8, 4) is 0 Å². The Morgan fingerprint density at radius 3 is 2.79 bits per heavy atom. The maximum absolute atomic E-state index is 11.8. The quantitative estimate of drug-likeness (QED) is 0.772. The van der Waals surface area contributed by atoms with Gasteiger partial charge in [0, 0.05) is 6.54 Å². The van der Waals surface area contributed by atoms with Crippen LogP contribution in [-0.4, -0.2) is 22.0 Å². The molecule has 100 valence electrons. The molecule has 1 aromatic heterocycles. The number of benzene rings is 1. The van der Waals surface area contributed by atoms with Crippen LogP contribution in [0.15, 0.2) is 33.9 Å². The van der Waals surface area contributed by atoms with E-state index in [9.17, 15) is 14.4 Å². The van der Waals surface area contributed by atoms with Gasteiger partial charge in [0.1, 0.15) is 6.54 Å². The first-order valence-electron chi connectivity index (χ1n) is 6.12. The summed E-state index contributed by atoms with van der Waals surface area (Å²) in [5.74, 6) is -0.278. The van der Waals surface area contributed by atoms with Crippen LogP contribution in [0.4, 0.5) is 0 Å². The zero-order chi connectivity index (χ0) is 13.8. The zero-order valence-electron chi connectivity index (χ0n) is 10.6. The standard InChI is InChI=1S/C13H15N3O3/c1-2-7-14-11(17)8-16-10-6-4-3-5-9(10)15-12(18)13(16)19/h3-6H,2,7-8H2,1H3,(H,14,17)(H,15,18). The highest BCUT2D eigenvalue weighted by molar-refractivity contribution is 5.79. The maximum Gasteiger partial charge on any atom is 0.317 e. The Morgan fingerprint density at radius 1 is 1.32 bits per heavy atom. The molecule has 0 aliphatic rings. The first-order valence-corrected chi connectivity index (χ1v) is 6.12. The molecule has 0 saturated heterocycles. The van der Waals surface area contributed by atoms with Crippen LogP contribution in [-0.2, 0) is 11.3 Å². The Balaban J connectivity index is 2.47. The number of carbonyl (C=O) groups is 1. The number of nitrogens with zero attached hydrogens (tertiary/aromatic N) is 1. The van der Waals surface area contributed by atoms with Crippen molar-refractivity contribution in [2.45, 2.75) is 19.9 Å². The van der Waals surface area contributed by atoms with Gasteiger partial charge in [-0.25, -0.2) is 0 Å². The van der Waals surface area contributed by atoms with E-state index in [0.717, 1.165) is 6.42 Å². The topological polar surface area (TPSA) is 84.0 Å². The summed E-state index contributed by atoms with van der Waals surface area (Å²) in [6, 6.07) is 6.89. The largest absolute Gasteiger partial charge is 0.355 e. The predicted molar refractivity (Wildman–Crippen MR) is 72.1 cm³/mol. The third-order valence-corrected chi connectivity index (χ3v) is 2.76. The molecule has 0 unspecified atom stereocenters. The summed E-state index contributed by atoms with van der Waals surface area (Å²) in [7, 11) is 0. The molecule has 0 radical (unpaired) electrons. The van der Waals surface area contributed by atoms with Gasteiger partial charge in [0.05, 0.1) is 11.0 Å². The highest BCUT2D eigenvalue weighted by atomic mass is 16.2. The lowest BCUT2D eigenvalue weighted by atomic mass is 10.3. The molecule has 6 nitrogen and oxygen atoms in total. The average molecular weight is 261 g/mol. The number of aromatic amines is 1. The molecule has 0 aliphatic heterocycles. The fourth-order valence-corrected chi connectivity index (χ4v) is 1.84.